The van der Waals surface area contributed by atoms with E-state index >= 15 is 0 Å². The van der Waals surface area contributed by atoms with Gasteiger partial charge >= 0.3 is 0 Å². The van der Waals surface area contributed by atoms with Gasteiger partial charge in [0.05, 0.1) is 39.7 Å². The zero-order valence-electron chi connectivity index (χ0n) is 33.2. The molecule has 5 heteroatoms. The first-order valence-corrected chi connectivity index (χ1v) is 21.2. The van der Waals surface area contributed by atoms with Crippen molar-refractivity contribution in [1.82, 2.24) is 14.4 Å². The summed E-state index contributed by atoms with van der Waals surface area (Å²) in [6.45, 7) is 8.85. The summed E-state index contributed by atoms with van der Waals surface area (Å²) in [6, 6.07) is 28.7. The summed E-state index contributed by atoms with van der Waals surface area (Å²) in [5, 5.41) is 8.38. The largest absolute Gasteiger partial charge is 0.456 e. The van der Waals surface area contributed by atoms with E-state index in [1.807, 2.05) is 0 Å². The maximum atomic E-state index is 7.25. The Hall–Kier alpha value is -6.20. The molecule has 0 N–H and O–H groups in total. The molecule has 0 saturated heterocycles. The number of hydrogen-bond acceptors (Lipinski definition) is 4. The van der Waals surface area contributed by atoms with Crippen LogP contribution in [0.3, 0.4) is 0 Å². The molecule has 15 rings (SSSR count). The SMILES string of the molecule is Cc1cccc(C)c1-c1cc(-c2c(C)cccc2C)c2c(c1)oc1c2ncc2c1c1cc3oc4ccccc4c3c3c4c5c(ncc4n2c13)C1CC2CC(C1)CC5C2. The maximum Gasteiger partial charge on any atom is 0.163 e. The van der Waals surface area contributed by atoms with Crippen LogP contribution in [0.4, 0.5) is 0 Å². The van der Waals surface area contributed by atoms with Gasteiger partial charge in [0.1, 0.15) is 22.3 Å². The van der Waals surface area contributed by atoms with Gasteiger partial charge in [0.15, 0.2) is 5.58 Å². The van der Waals surface area contributed by atoms with Gasteiger partial charge in [0, 0.05) is 38.5 Å². The van der Waals surface area contributed by atoms with Crippen LogP contribution in [0.15, 0.2) is 100 Å². The van der Waals surface area contributed by atoms with E-state index in [-0.39, 0.29) is 0 Å². The highest BCUT2D eigenvalue weighted by atomic mass is 16.3. The third kappa shape index (κ3) is 3.88. The molecule has 6 aromatic heterocycles. The lowest BCUT2D eigenvalue weighted by atomic mass is 9.67. The Balaban J connectivity index is 1.17. The normalized spacial score (nSPS) is 20.4. The van der Waals surface area contributed by atoms with Gasteiger partial charge in [-0.15, -0.1) is 0 Å². The van der Waals surface area contributed by atoms with Gasteiger partial charge in [-0.3, -0.25) is 4.98 Å². The van der Waals surface area contributed by atoms with Crippen LogP contribution in [0, 0.1) is 39.5 Å². The summed E-state index contributed by atoms with van der Waals surface area (Å²) >= 11 is 0. The van der Waals surface area contributed by atoms with Crippen molar-refractivity contribution in [2.24, 2.45) is 11.8 Å². The quantitative estimate of drug-likeness (QED) is 0.176. The number of hydrogen-bond donors (Lipinski definition) is 0. The van der Waals surface area contributed by atoms with Crippen LogP contribution in [0.2, 0.25) is 0 Å². The summed E-state index contributed by atoms with van der Waals surface area (Å²) in [5.74, 6) is 2.73. The van der Waals surface area contributed by atoms with E-state index in [0.717, 1.165) is 72.5 Å². The highest BCUT2D eigenvalue weighted by Crippen LogP contribution is 2.59. The number of rotatable bonds is 2. The van der Waals surface area contributed by atoms with Crippen molar-refractivity contribution in [3.05, 3.63) is 125 Å². The molecule has 4 bridgehead atoms. The Morgan fingerprint density at radius 3 is 2.00 bits per heavy atom. The molecule has 58 heavy (non-hydrogen) atoms. The predicted octanol–water partition coefficient (Wildman–Crippen LogP) is 14.4. The van der Waals surface area contributed by atoms with Crippen LogP contribution in [0.5, 0.6) is 0 Å². The molecule has 0 radical (unpaired) electrons. The number of benzene rings is 5. The molecule has 5 aromatic carbocycles. The number of pyridine rings is 2. The molecule has 2 fully saturated rings. The zero-order chi connectivity index (χ0) is 38.3. The van der Waals surface area contributed by atoms with Gasteiger partial charge in [-0.2, -0.15) is 0 Å². The van der Waals surface area contributed by atoms with E-state index in [4.69, 9.17) is 18.8 Å². The first kappa shape index (κ1) is 31.8. The fourth-order valence-electron chi connectivity index (χ4n) is 13.0. The predicted molar refractivity (Wildman–Crippen MR) is 237 cm³/mol. The third-order valence-corrected chi connectivity index (χ3v) is 15.0. The van der Waals surface area contributed by atoms with E-state index in [0.29, 0.717) is 11.8 Å². The number of aryl methyl sites for hydroxylation is 4. The smallest absolute Gasteiger partial charge is 0.163 e. The van der Waals surface area contributed by atoms with Crippen LogP contribution in [-0.4, -0.2) is 14.4 Å². The lowest BCUT2D eigenvalue weighted by Gasteiger charge is -2.38. The highest BCUT2D eigenvalue weighted by molar-refractivity contribution is 6.37. The van der Waals surface area contributed by atoms with Crippen molar-refractivity contribution in [3.8, 4) is 22.3 Å². The van der Waals surface area contributed by atoms with Gasteiger partial charge in [0.25, 0.3) is 0 Å². The van der Waals surface area contributed by atoms with Crippen LogP contribution < -0.4 is 0 Å². The van der Waals surface area contributed by atoms with Gasteiger partial charge in [-0.05, 0) is 152 Å². The van der Waals surface area contributed by atoms with Crippen molar-refractivity contribution in [1.29, 1.82) is 0 Å². The number of furan rings is 2. The van der Waals surface area contributed by atoms with Gasteiger partial charge < -0.3 is 13.2 Å². The van der Waals surface area contributed by atoms with E-state index in [9.17, 15) is 0 Å². The molecule has 4 aliphatic carbocycles. The topological polar surface area (TPSA) is 56.5 Å². The second-order valence-corrected chi connectivity index (χ2v) is 18.3. The second-order valence-electron chi connectivity index (χ2n) is 18.3. The van der Waals surface area contributed by atoms with E-state index < -0.39 is 0 Å². The summed E-state index contributed by atoms with van der Waals surface area (Å²) in [5.41, 5.74) is 20.6. The van der Waals surface area contributed by atoms with Crippen molar-refractivity contribution in [2.75, 3.05) is 0 Å². The lowest BCUT2D eigenvalue weighted by Crippen LogP contribution is -2.25. The van der Waals surface area contributed by atoms with Crippen LogP contribution in [0.1, 0.15) is 77.5 Å². The molecular weight excluding hydrogens is 711 g/mol. The molecule has 11 aromatic rings. The van der Waals surface area contributed by atoms with Crippen LogP contribution in [-0.2, 0) is 0 Å². The van der Waals surface area contributed by atoms with Crippen molar-refractivity contribution >= 4 is 82.1 Å². The van der Waals surface area contributed by atoms with Gasteiger partial charge in [0.2, 0.25) is 0 Å². The fourth-order valence-corrected chi connectivity index (χ4v) is 13.0. The molecule has 2 atom stereocenters. The van der Waals surface area contributed by atoms with E-state index in [2.05, 4.69) is 123 Å². The molecule has 6 heterocycles. The molecule has 280 valence electrons. The average Bonchev–Trinajstić information content (AvgIpc) is 3.93. The van der Waals surface area contributed by atoms with Crippen LogP contribution >= 0.6 is 0 Å². The molecule has 0 amide bonds. The second kappa shape index (κ2) is 10.8. The van der Waals surface area contributed by atoms with Crippen LogP contribution in [0.25, 0.3) is 104 Å². The minimum absolute atomic E-state index is 0.544. The van der Waals surface area contributed by atoms with Gasteiger partial charge in [-0.25, -0.2) is 4.98 Å². The number of para-hydroxylation sites is 1. The number of fused-ring (bicyclic) bond motifs is 14. The van der Waals surface area contributed by atoms with E-state index in [1.54, 1.807) is 0 Å². The molecular formula is C53H41N3O2. The molecule has 0 aliphatic heterocycles. The minimum Gasteiger partial charge on any atom is -0.456 e. The van der Waals surface area contributed by atoms with Gasteiger partial charge in [-0.1, -0.05) is 54.6 Å². The summed E-state index contributed by atoms with van der Waals surface area (Å²) in [6.07, 6.45) is 10.9. The summed E-state index contributed by atoms with van der Waals surface area (Å²) < 4.78 is 16.6. The Bertz CT molecular complexity index is 3580. The minimum atomic E-state index is 0.544. The van der Waals surface area contributed by atoms with E-state index in [1.165, 1.54) is 109 Å². The zero-order valence-corrected chi connectivity index (χ0v) is 33.2. The maximum absolute atomic E-state index is 7.25. The third-order valence-electron chi connectivity index (χ3n) is 15.0. The Morgan fingerprint density at radius 1 is 0.552 bits per heavy atom. The first-order chi connectivity index (χ1) is 28.4. The Labute approximate surface area is 334 Å². The molecule has 2 saturated carbocycles. The van der Waals surface area contributed by atoms with Crippen molar-refractivity contribution < 1.29 is 8.83 Å². The number of nitrogens with zero attached hydrogens (tertiary/aromatic N) is 3. The molecule has 0 spiro atoms. The fraction of sp³-hybridized carbons (Fsp3) is 0.245. The molecule has 2 unspecified atom stereocenters. The number of aromatic nitrogens is 3. The highest BCUT2D eigenvalue weighted by Gasteiger charge is 2.44. The monoisotopic (exact) mass is 751 g/mol. The molecule has 4 aliphatic rings. The standard InChI is InChI=1S/C53H41N3O2/c1-25-9-7-10-26(2)42(25)32-20-35(43-27(3)11-8-12-28(43)4)47-40(21-32)58-53-45-36-22-41-46(34-13-5-6-14-39(34)57-41)49-48-38(56(52(36)49)37(45)23-55-51(47)53)24-54-50-33-18-29-15-30(19-33)17-31(16-29)44(48)50/h5-14,20-24,29-31,33H,15-19H2,1-4H3. The van der Waals surface area contributed by atoms with Crippen molar-refractivity contribution in [2.45, 2.75) is 71.6 Å². The lowest BCUT2D eigenvalue weighted by molar-refractivity contribution is 0.165. The molecule has 5 nitrogen and oxygen atoms in total. The Kier molecular flexibility index (Phi) is 5.95. The first-order valence-electron chi connectivity index (χ1n) is 21.2. The summed E-state index contributed by atoms with van der Waals surface area (Å²) in [4.78, 5) is 10.9. The summed E-state index contributed by atoms with van der Waals surface area (Å²) in [7, 11) is 0. The Morgan fingerprint density at radius 2 is 1.22 bits per heavy atom. The average molecular weight is 752 g/mol. The van der Waals surface area contributed by atoms with Crippen molar-refractivity contribution in [3.63, 3.8) is 0 Å².